The maximum absolute atomic E-state index is 12.4. The largest absolute Gasteiger partial charge is 0.497 e. The van der Waals surface area contributed by atoms with Crippen LogP contribution in [-0.2, 0) is 10.0 Å². The van der Waals surface area contributed by atoms with Gasteiger partial charge in [0.15, 0.2) is 0 Å². The normalized spacial score (nSPS) is 11.3. The molecular weight excluding hydrogens is 510 g/mol. The molecule has 0 amide bonds. The van der Waals surface area contributed by atoms with Gasteiger partial charge >= 0.3 is 0 Å². The quantitative estimate of drug-likeness (QED) is 0.189. The number of H-pyrrole nitrogens is 1. The third kappa shape index (κ3) is 6.34. The van der Waals surface area contributed by atoms with Crippen molar-refractivity contribution < 1.29 is 13.2 Å². The highest BCUT2D eigenvalue weighted by Crippen LogP contribution is 2.34. The van der Waals surface area contributed by atoms with Crippen molar-refractivity contribution >= 4 is 15.8 Å². The Morgan fingerprint density at radius 3 is 2.33 bits per heavy atom. The van der Waals surface area contributed by atoms with Crippen molar-refractivity contribution in [2.24, 2.45) is 0 Å². The number of imidazole rings is 1. The van der Waals surface area contributed by atoms with Gasteiger partial charge in [-0.15, -0.1) is 0 Å². The predicted molar refractivity (Wildman–Crippen MR) is 154 cm³/mol. The van der Waals surface area contributed by atoms with Gasteiger partial charge in [-0.2, -0.15) is 0 Å². The van der Waals surface area contributed by atoms with E-state index in [0.717, 1.165) is 39.7 Å². The summed E-state index contributed by atoms with van der Waals surface area (Å²) >= 11 is 0. The van der Waals surface area contributed by atoms with Gasteiger partial charge in [0.05, 0.1) is 23.4 Å². The Hall–Kier alpha value is -4.47. The van der Waals surface area contributed by atoms with Crippen LogP contribution in [0.1, 0.15) is 6.42 Å². The standard InChI is InChI=1S/C30H29N5O3S/c1-38-25-13-8-12-23(20-25)28-29(35-30(34-28)22-10-4-2-5-11-22)24-16-19-32-27(21-24)31-17-9-18-33-39(36,37)26-14-6-3-7-15-26/h2-8,10-16,19-21,33H,9,17-18H2,1H3,(H,31,32)(H,34,35). The van der Waals surface area contributed by atoms with Gasteiger partial charge in [-0.3, -0.25) is 0 Å². The molecule has 2 heterocycles. The fraction of sp³-hybridized carbons (Fsp3) is 0.133. The van der Waals surface area contributed by atoms with Crippen LogP contribution in [0.5, 0.6) is 5.75 Å². The van der Waals surface area contributed by atoms with Crippen molar-refractivity contribution in [3.8, 4) is 39.7 Å². The molecule has 5 rings (SSSR count). The number of methoxy groups -OCH3 is 1. The minimum atomic E-state index is -3.52. The molecule has 0 radical (unpaired) electrons. The molecule has 3 N–H and O–H groups in total. The number of hydrogen-bond donors (Lipinski definition) is 3. The molecular formula is C30H29N5O3S. The lowest BCUT2D eigenvalue weighted by Gasteiger charge is -2.09. The van der Waals surface area contributed by atoms with Crippen LogP contribution >= 0.6 is 0 Å². The molecule has 8 nitrogen and oxygen atoms in total. The topological polar surface area (TPSA) is 109 Å². The summed E-state index contributed by atoms with van der Waals surface area (Å²) in [6, 6.07) is 30.0. The lowest BCUT2D eigenvalue weighted by atomic mass is 10.1. The van der Waals surface area contributed by atoms with Gasteiger partial charge in [-0.25, -0.2) is 23.1 Å². The summed E-state index contributed by atoms with van der Waals surface area (Å²) in [6.45, 7) is 0.861. The van der Waals surface area contributed by atoms with Crippen LogP contribution < -0.4 is 14.8 Å². The number of benzene rings is 3. The highest BCUT2D eigenvalue weighted by Gasteiger charge is 2.17. The van der Waals surface area contributed by atoms with Gasteiger partial charge in [-0.05, 0) is 42.8 Å². The number of pyridine rings is 1. The van der Waals surface area contributed by atoms with Gasteiger partial charge in [0.1, 0.15) is 17.4 Å². The highest BCUT2D eigenvalue weighted by molar-refractivity contribution is 7.89. The first kappa shape index (κ1) is 26.1. The molecule has 0 aliphatic rings. The second-order valence-corrected chi connectivity index (χ2v) is 10.6. The molecule has 0 aliphatic carbocycles. The molecule has 198 valence electrons. The zero-order chi connectivity index (χ0) is 27.1. The summed E-state index contributed by atoms with van der Waals surface area (Å²) in [5, 5.41) is 3.30. The molecule has 0 atom stereocenters. The molecule has 0 spiro atoms. The number of aromatic amines is 1. The van der Waals surface area contributed by atoms with E-state index in [1.165, 1.54) is 0 Å². The van der Waals surface area contributed by atoms with E-state index in [1.807, 2.05) is 66.7 Å². The summed E-state index contributed by atoms with van der Waals surface area (Å²) in [7, 11) is -1.87. The minimum Gasteiger partial charge on any atom is -0.497 e. The summed E-state index contributed by atoms with van der Waals surface area (Å²) in [4.78, 5) is 13.2. The Labute approximate surface area is 228 Å². The Morgan fingerprint density at radius 1 is 0.821 bits per heavy atom. The van der Waals surface area contributed by atoms with Crippen molar-refractivity contribution in [2.75, 3.05) is 25.5 Å². The number of sulfonamides is 1. The summed E-state index contributed by atoms with van der Waals surface area (Å²) in [6.07, 6.45) is 2.34. The number of rotatable bonds is 11. The monoisotopic (exact) mass is 539 g/mol. The zero-order valence-electron chi connectivity index (χ0n) is 21.5. The second kappa shape index (κ2) is 11.9. The molecule has 5 aromatic rings. The molecule has 9 heteroatoms. The third-order valence-corrected chi connectivity index (χ3v) is 7.63. The lowest BCUT2D eigenvalue weighted by Crippen LogP contribution is -2.26. The van der Waals surface area contributed by atoms with Crippen LogP contribution in [0, 0.1) is 0 Å². The first-order chi connectivity index (χ1) is 19.0. The maximum Gasteiger partial charge on any atom is 0.240 e. The van der Waals surface area contributed by atoms with E-state index >= 15 is 0 Å². The molecule has 3 aromatic carbocycles. The van der Waals surface area contributed by atoms with Crippen molar-refractivity contribution in [3.05, 3.63) is 103 Å². The van der Waals surface area contributed by atoms with Crippen LogP contribution in [0.15, 0.2) is 108 Å². The number of hydrogen-bond acceptors (Lipinski definition) is 6. The Bertz CT molecular complexity index is 1640. The predicted octanol–water partition coefficient (Wildman–Crippen LogP) is 5.59. The number of nitrogens with one attached hydrogen (secondary N) is 3. The van der Waals surface area contributed by atoms with Crippen LogP contribution in [0.2, 0.25) is 0 Å². The first-order valence-corrected chi connectivity index (χ1v) is 14.1. The number of ether oxygens (including phenoxy) is 1. The molecule has 0 unspecified atom stereocenters. The molecule has 2 aromatic heterocycles. The van der Waals surface area contributed by atoms with Crippen LogP contribution in [0.4, 0.5) is 5.82 Å². The third-order valence-electron chi connectivity index (χ3n) is 6.15. The SMILES string of the molecule is COc1cccc(-c2nc(-c3ccccc3)[nH]c2-c2ccnc(NCCCNS(=O)(=O)c3ccccc3)c2)c1. The van der Waals surface area contributed by atoms with Crippen LogP contribution in [0.3, 0.4) is 0 Å². The number of anilines is 1. The molecule has 0 saturated carbocycles. The van der Waals surface area contributed by atoms with E-state index < -0.39 is 10.0 Å². The van der Waals surface area contributed by atoms with Crippen molar-refractivity contribution in [3.63, 3.8) is 0 Å². The van der Waals surface area contributed by atoms with E-state index in [4.69, 9.17) is 9.72 Å². The molecule has 0 bridgehead atoms. The number of nitrogens with zero attached hydrogens (tertiary/aromatic N) is 2. The fourth-order valence-corrected chi connectivity index (χ4v) is 5.27. The van der Waals surface area contributed by atoms with Crippen molar-refractivity contribution in [1.29, 1.82) is 0 Å². The van der Waals surface area contributed by atoms with E-state index in [0.29, 0.717) is 25.3 Å². The van der Waals surface area contributed by atoms with E-state index in [2.05, 4.69) is 20.0 Å². The highest BCUT2D eigenvalue weighted by atomic mass is 32.2. The van der Waals surface area contributed by atoms with Gasteiger partial charge in [0.2, 0.25) is 10.0 Å². The number of aromatic nitrogens is 3. The average molecular weight is 540 g/mol. The first-order valence-electron chi connectivity index (χ1n) is 12.6. The van der Waals surface area contributed by atoms with Gasteiger partial charge in [0, 0.05) is 36.0 Å². The van der Waals surface area contributed by atoms with Crippen molar-refractivity contribution in [1.82, 2.24) is 19.7 Å². The Balaban J connectivity index is 1.33. The van der Waals surface area contributed by atoms with E-state index in [9.17, 15) is 8.42 Å². The summed E-state index contributed by atoms with van der Waals surface area (Å²) < 4.78 is 32.9. The van der Waals surface area contributed by atoms with Crippen molar-refractivity contribution in [2.45, 2.75) is 11.3 Å². The molecule has 0 fully saturated rings. The molecule has 39 heavy (non-hydrogen) atoms. The van der Waals surface area contributed by atoms with Crippen LogP contribution in [0.25, 0.3) is 33.9 Å². The minimum absolute atomic E-state index is 0.258. The van der Waals surface area contributed by atoms with Gasteiger partial charge in [-0.1, -0.05) is 60.7 Å². The van der Waals surface area contributed by atoms with Crippen LogP contribution in [-0.4, -0.2) is 43.6 Å². The smallest absolute Gasteiger partial charge is 0.240 e. The summed E-state index contributed by atoms with van der Waals surface area (Å²) in [5.41, 5.74) is 4.51. The molecule has 0 saturated heterocycles. The molecule has 0 aliphatic heterocycles. The Kier molecular flexibility index (Phi) is 8.00. The Morgan fingerprint density at radius 2 is 1.56 bits per heavy atom. The van der Waals surface area contributed by atoms with E-state index in [-0.39, 0.29) is 4.90 Å². The average Bonchev–Trinajstić information content (AvgIpc) is 3.44. The fourth-order valence-electron chi connectivity index (χ4n) is 4.17. The summed E-state index contributed by atoms with van der Waals surface area (Å²) in [5.74, 6) is 2.20. The maximum atomic E-state index is 12.4. The second-order valence-electron chi connectivity index (χ2n) is 8.83. The lowest BCUT2D eigenvalue weighted by molar-refractivity contribution is 0.415. The van der Waals surface area contributed by atoms with E-state index in [1.54, 1.807) is 43.6 Å². The zero-order valence-corrected chi connectivity index (χ0v) is 22.3. The van der Waals surface area contributed by atoms with Gasteiger partial charge < -0.3 is 15.0 Å². The van der Waals surface area contributed by atoms with Gasteiger partial charge in [0.25, 0.3) is 0 Å².